The maximum atomic E-state index is 14.0. The van der Waals surface area contributed by atoms with E-state index in [9.17, 15) is 14.4 Å². The van der Waals surface area contributed by atoms with Gasteiger partial charge < -0.3 is 14.2 Å². The zero-order chi connectivity index (χ0) is 32.2. The van der Waals surface area contributed by atoms with E-state index in [1.165, 1.54) is 11.3 Å². The Balaban J connectivity index is 1.46. The minimum atomic E-state index is -0.648. The molecule has 232 valence electrons. The van der Waals surface area contributed by atoms with E-state index in [0.29, 0.717) is 39.4 Å². The molecule has 0 N–H and O–H groups in total. The van der Waals surface area contributed by atoms with Gasteiger partial charge in [-0.3, -0.25) is 9.36 Å². The molecule has 1 aromatic heterocycles. The molecule has 5 rings (SSSR count). The predicted octanol–water partition coefficient (Wildman–Crippen LogP) is 6.07. The number of hydrogen-bond acceptors (Lipinski definition) is 8. The van der Waals surface area contributed by atoms with Crippen LogP contribution in [-0.2, 0) is 20.9 Å². The fourth-order valence-electron chi connectivity index (χ4n) is 4.91. The van der Waals surface area contributed by atoms with Crippen LogP contribution in [0.15, 0.2) is 81.7 Å². The lowest BCUT2D eigenvalue weighted by molar-refractivity contribution is -0.139. The number of esters is 2. The second-order valence-corrected chi connectivity index (χ2v) is 13.6. The third-order valence-electron chi connectivity index (χ3n) is 7.08. The first-order chi connectivity index (χ1) is 21.6. The van der Waals surface area contributed by atoms with Crippen molar-refractivity contribution in [2.24, 2.45) is 4.99 Å². The van der Waals surface area contributed by atoms with Crippen LogP contribution in [0, 0.1) is 14.1 Å². The molecule has 3 aromatic carbocycles. The Kier molecular flexibility index (Phi) is 10.6. The van der Waals surface area contributed by atoms with E-state index in [-0.39, 0.29) is 18.1 Å². The highest BCUT2D eigenvalue weighted by Crippen LogP contribution is 2.32. The number of aromatic nitrogens is 1. The number of allylic oxidation sites excluding steroid dienone is 1. The molecule has 0 fully saturated rings. The van der Waals surface area contributed by atoms with Crippen LogP contribution in [0.25, 0.3) is 6.08 Å². The lowest BCUT2D eigenvalue weighted by atomic mass is 9.95. The van der Waals surface area contributed by atoms with E-state index in [1.54, 1.807) is 37.5 Å². The molecule has 8 nitrogen and oxygen atoms in total. The molecule has 2 heterocycles. The summed E-state index contributed by atoms with van der Waals surface area (Å²) in [5.41, 5.74) is 4.81. The zero-order valence-corrected chi connectivity index (χ0v) is 30.2. The Bertz CT molecular complexity index is 1960. The van der Waals surface area contributed by atoms with Crippen LogP contribution >= 0.6 is 56.5 Å². The Morgan fingerprint density at radius 3 is 2.18 bits per heavy atom. The van der Waals surface area contributed by atoms with Crippen molar-refractivity contribution in [3.8, 4) is 5.75 Å². The second-order valence-electron chi connectivity index (χ2n) is 10.2. The summed E-state index contributed by atoms with van der Waals surface area (Å²) in [7, 11) is 0. The molecule has 0 radical (unpaired) electrons. The molecule has 1 aliphatic heterocycles. The van der Waals surface area contributed by atoms with Gasteiger partial charge in [0.1, 0.15) is 12.4 Å². The first-order valence-corrected chi connectivity index (χ1v) is 17.2. The summed E-state index contributed by atoms with van der Waals surface area (Å²) in [4.78, 5) is 44.2. The van der Waals surface area contributed by atoms with E-state index >= 15 is 0 Å². The van der Waals surface area contributed by atoms with Crippen molar-refractivity contribution in [1.82, 2.24) is 4.57 Å². The number of rotatable bonds is 9. The maximum Gasteiger partial charge on any atom is 0.338 e. The summed E-state index contributed by atoms with van der Waals surface area (Å²) in [6.07, 6.45) is 1.85. The predicted molar refractivity (Wildman–Crippen MR) is 190 cm³/mol. The van der Waals surface area contributed by atoms with Crippen LogP contribution in [0.2, 0.25) is 0 Å². The van der Waals surface area contributed by atoms with Crippen LogP contribution in [0.1, 0.15) is 59.4 Å². The first kappa shape index (κ1) is 33.1. The van der Waals surface area contributed by atoms with Crippen molar-refractivity contribution in [2.75, 3.05) is 13.2 Å². The monoisotopic (exact) mass is 848 g/mol. The van der Waals surface area contributed by atoms with Crippen LogP contribution in [0.4, 0.5) is 0 Å². The number of aryl methyl sites for hydroxylation is 1. The van der Waals surface area contributed by atoms with Crippen LogP contribution < -0.4 is 19.6 Å². The average molecular weight is 848 g/mol. The third-order valence-corrected chi connectivity index (χ3v) is 9.66. The standard InChI is InChI=1S/C34H30I2N2O6S/c1-5-42-32(40)24-13-9-21(10-14-24)18-44-30-25(35)15-22(16-26(30)36)17-27-31(39)38-29(23-11-7-19(3)8-12-23)28(33(41)43-6-2)20(4)37-34(38)45-27/h7-17,29H,5-6,18H2,1-4H3/b27-17-/t29-/m1/s1. The SMILES string of the molecule is CCOC(=O)C1=C(C)N=c2s/c(=C\c3cc(I)c(OCc4ccc(C(=O)OCC)cc4)c(I)c3)c(=O)n2[C@@H]1c1ccc(C)cc1. The molecule has 0 saturated heterocycles. The summed E-state index contributed by atoms with van der Waals surface area (Å²) in [6, 6.07) is 18.2. The summed E-state index contributed by atoms with van der Waals surface area (Å²) < 4.78 is 20.5. The van der Waals surface area contributed by atoms with Gasteiger partial charge in [-0.1, -0.05) is 53.3 Å². The van der Waals surface area contributed by atoms with Crippen LogP contribution in [0.5, 0.6) is 5.75 Å². The van der Waals surface area contributed by atoms with Gasteiger partial charge in [0.2, 0.25) is 0 Å². The summed E-state index contributed by atoms with van der Waals surface area (Å²) in [5, 5.41) is 0. The largest absolute Gasteiger partial charge is 0.487 e. The van der Waals surface area contributed by atoms with Gasteiger partial charge in [0.05, 0.1) is 47.8 Å². The lowest BCUT2D eigenvalue weighted by Gasteiger charge is -2.24. The Labute approximate surface area is 291 Å². The topological polar surface area (TPSA) is 96.2 Å². The Hall–Kier alpha value is -3.30. The second kappa shape index (κ2) is 14.4. The number of benzene rings is 3. The number of nitrogens with zero attached hydrogens (tertiary/aromatic N) is 2. The van der Waals surface area contributed by atoms with Crippen molar-refractivity contribution >= 4 is 74.5 Å². The molecule has 0 aliphatic carbocycles. The number of carbonyl (C=O) groups is 2. The summed E-state index contributed by atoms with van der Waals surface area (Å²) in [5.74, 6) is -0.0936. The minimum Gasteiger partial charge on any atom is -0.487 e. The summed E-state index contributed by atoms with van der Waals surface area (Å²) in [6.45, 7) is 8.18. The van der Waals surface area contributed by atoms with Crippen molar-refractivity contribution in [3.05, 3.63) is 127 Å². The number of hydrogen-bond donors (Lipinski definition) is 0. The number of carbonyl (C=O) groups excluding carboxylic acids is 2. The molecule has 1 aliphatic rings. The smallest absolute Gasteiger partial charge is 0.338 e. The van der Waals surface area contributed by atoms with Gasteiger partial charge in [-0.05, 0) is 120 Å². The molecule has 11 heteroatoms. The highest BCUT2D eigenvalue weighted by atomic mass is 127. The number of fused-ring (bicyclic) bond motifs is 1. The van der Waals surface area contributed by atoms with E-state index in [2.05, 4.69) is 50.2 Å². The van der Waals surface area contributed by atoms with Crippen molar-refractivity contribution < 1.29 is 23.8 Å². The Morgan fingerprint density at radius 2 is 1.56 bits per heavy atom. The van der Waals surface area contributed by atoms with E-state index in [0.717, 1.165) is 35.1 Å². The van der Waals surface area contributed by atoms with Crippen LogP contribution in [-0.4, -0.2) is 29.7 Å². The molecule has 0 unspecified atom stereocenters. The van der Waals surface area contributed by atoms with Crippen molar-refractivity contribution in [1.29, 1.82) is 0 Å². The number of thiazole rings is 1. The van der Waals surface area contributed by atoms with Gasteiger partial charge in [-0.2, -0.15) is 0 Å². The van der Waals surface area contributed by atoms with Crippen LogP contribution in [0.3, 0.4) is 0 Å². The first-order valence-electron chi connectivity index (χ1n) is 14.2. The van der Waals surface area contributed by atoms with Gasteiger partial charge >= 0.3 is 11.9 Å². The zero-order valence-electron chi connectivity index (χ0n) is 25.1. The van der Waals surface area contributed by atoms with E-state index in [4.69, 9.17) is 14.2 Å². The number of ether oxygens (including phenoxy) is 3. The number of halogens is 2. The normalized spacial score (nSPS) is 14.5. The molecule has 4 aromatic rings. The fourth-order valence-corrected chi connectivity index (χ4v) is 8.09. The highest BCUT2D eigenvalue weighted by Gasteiger charge is 2.33. The molecule has 0 bridgehead atoms. The van der Waals surface area contributed by atoms with Crippen molar-refractivity contribution in [3.63, 3.8) is 0 Å². The fraction of sp³-hybridized carbons (Fsp3) is 0.235. The summed E-state index contributed by atoms with van der Waals surface area (Å²) >= 11 is 5.76. The minimum absolute atomic E-state index is 0.222. The molecule has 1 atom stereocenters. The van der Waals surface area contributed by atoms with Gasteiger partial charge in [0, 0.05) is 0 Å². The highest BCUT2D eigenvalue weighted by molar-refractivity contribution is 14.1. The molecule has 0 saturated carbocycles. The molecule has 45 heavy (non-hydrogen) atoms. The van der Waals surface area contributed by atoms with Gasteiger partial charge in [0.25, 0.3) is 5.56 Å². The third kappa shape index (κ3) is 7.25. The van der Waals surface area contributed by atoms with E-state index < -0.39 is 12.0 Å². The van der Waals surface area contributed by atoms with Gasteiger partial charge in [0.15, 0.2) is 4.80 Å². The molecule has 0 spiro atoms. The van der Waals surface area contributed by atoms with Gasteiger partial charge in [-0.25, -0.2) is 14.6 Å². The quantitative estimate of drug-likeness (QED) is 0.150. The molecular weight excluding hydrogens is 818 g/mol. The molecular formula is C34H30I2N2O6S. The maximum absolute atomic E-state index is 14.0. The molecule has 0 amide bonds. The van der Waals surface area contributed by atoms with Crippen molar-refractivity contribution in [2.45, 2.75) is 40.3 Å². The lowest BCUT2D eigenvalue weighted by Crippen LogP contribution is -2.39. The van der Waals surface area contributed by atoms with E-state index in [1.807, 2.05) is 61.5 Å². The average Bonchev–Trinajstić information content (AvgIpc) is 3.30. The van der Waals surface area contributed by atoms with Gasteiger partial charge in [-0.15, -0.1) is 0 Å². The Morgan fingerprint density at radius 1 is 0.933 bits per heavy atom.